The number of nitrogens with one attached hydrogen (secondary N) is 2. The highest BCUT2D eigenvalue weighted by Gasteiger charge is 2.05. The van der Waals surface area contributed by atoms with E-state index in [0.717, 1.165) is 30.8 Å². The molecule has 0 aliphatic heterocycles. The molecule has 0 amide bonds. The number of rotatable bonds is 5. The first kappa shape index (κ1) is 10.6. The molecule has 3 nitrogen and oxygen atoms in total. The summed E-state index contributed by atoms with van der Waals surface area (Å²) < 4.78 is 0. The molecule has 0 heterocycles. The molecule has 0 radical (unpaired) electrons. The summed E-state index contributed by atoms with van der Waals surface area (Å²) in [6.07, 6.45) is 0.885. The Kier molecular flexibility index (Phi) is 3.98. The molecule has 3 heteroatoms. The number of aldehydes is 1. The predicted octanol–water partition coefficient (Wildman–Crippen LogP) is 2.36. The second-order valence-electron chi connectivity index (χ2n) is 2.95. The fraction of sp³-hybridized carbons (Fsp3) is 0.364. The van der Waals surface area contributed by atoms with Gasteiger partial charge in [-0.1, -0.05) is 6.07 Å². The van der Waals surface area contributed by atoms with Gasteiger partial charge in [0.05, 0.1) is 5.56 Å². The third-order valence-corrected chi connectivity index (χ3v) is 1.96. The SMILES string of the molecule is CCNc1cccc(NCC)c1C=O. The molecule has 1 aromatic carbocycles. The van der Waals surface area contributed by atoms with E-state index < -0.39 is 0 Å². The van der Waals surface area contributed by atoms with Crippen LogP contribution in [0.4, 0.5) is 11.4 Å². The fourth-order valence-corrected chi connectivity index (χ4v) is 1.38. The van der Waals surface area contributed by atoms with Crippen molar-refractivity contribution >= 4 is 17.7 Å². The van der Waals surface area contributed by atoms with Gasteiger partial charge in [0.2, 0.25) is 0 Å². The van der Waals surface area contributed by atoms with Gasteiger partial charge in [-0.05, 0) is 26.0 Å². The molecule has 0 saturated heterocycles. The Morgan fingerprint density at radius 1 is 1.14 bits per heavy atom. The van der Waals surface area contributed by atoms with E-state index >= 15 is 0 Å². The van der Waals surface area contributed by atoms with Crippen LogP contribution in [0.3, 0.4) is 0 Å². The highest BCUT2D eigenvalue weighted by molar-refractivity contribution is 5.92. The summed E-state index contributed by atoms with van der Waals surface area (Å²) in [4.78, 5) is 10.9. The molecule has 2 N–H and O–H groups in total. The van der Waals surface area contributed by atoms with E-state index in [1.54, 1.807) is 0 Å². The Morgan fingerprint density at radius 2 is 1.64 bits per heavy atom. The number of hydrogen-bond donors (Lipinski definition) is 2. The molecule has 0 atom stereocenters. The Morgan fingerprint density at radius 3 is 2.00 bits per heavy atom. The molecule has 0 aromatic heterocycles. The van der Waals surface area contributed by atoms with E-state index in [9.17, 15) is 4.79 Å². The van der Waals surface area contributed by atoms with Crippen LogP contribution < -0.4 is 10.6 Å². The van der Waals surface area contributed by atoms with Crippen LogP contribution in [-0.4, -0.2) is 19.4 Å². The Hall–Kier alpha value is -1.51. The second kappa shape index (κ2) is 5.27. The third-order valence-electron chi connectivity index (χ3n) is 1.96. The van der Waals surface area contributed by atoms with Crippen LogP contribution in [0.5, 0.6) is 0 Å². The minimum absolute atomic E-state index is 0.705. The van der Waals surface area contributed by atoms with Crippen LogP contribution >= 0.6 is 0 Å². The second-order valence-corrected chi connectivity index (χ2v) is 2.95. The molecule has 0 unspecified atom stereocenters. The maximum atomic E-state index is 10.9. The smallest absolute Gasteiger partial charge is 0.154 e. The summed E-state index contributed by atoms with van der Waals surface area (Å²) in [7, 11) is 0. The van der Waals surface area contributed by atoms with E-state index in [-0.39, 0.29) is 0 Å². The molecule has 0 aliphatic carbocycles. The summed E-state index contributed by atoms with van der Waals surface area (Å²) in [6, 6.07) is 5.76. The first-order chi connectivity index (χ1) is 6.83. The van der Waals surface area contributed by atoms with Gasteiger partial charge in [0, 0.05) is 24.5 Å². The summed E-state index contributed by atoms with van der Waals surface area (Å²) >= 11 is 0. The first-order valence-corrected chi connectivity index (χ1v) is 4.89. The van der Waals surface area contributed by atoms with Crippen LogP contribution in [0.1, 0.15) is 24.2 Å². The van der Waals surface area contributed by atoms with Gasteiger partial charge in [0.15, 0.2) is 6.29 Å². The van der Waals surface area contributed by atoms with Gasteiger partial charge in [-0.2, -0.15) is 0 Å². The van der Waals surface area contributed by atoms with Crippen molar-refractivity contribution in [2.75, 3.05) is 23.7 Å². The zero-order chi connectivity index (χ0) is 10.4. The summed E-state index contributed by atoms with van der Waals surface area (Å²) in [6.45, 7) is 5.65. The van der Waals surface area contributed by atoms with Crippen LogP contribution in [0.25, 0.3) is 0 Å². The molecule has 76 valence electrons. The topological polar surface area (TPSA) is 41.1 Å². The lowest BCUT2D eigenvalue weighted by molar-refractivity contribution is 0.112. The lowest BCUT2D eigenvalue weighted by Gasteiger charge is -2.11. The predicted molar refractivity (Wildman–Crippen MR) is 60.2 cm³/mol. The quantitative estimate of drug-likeness (QED) is 0.704. The van der Waals surface area contributed by atoms with Crippen LogP contribution in [0.2, 0.25) is 0 Å². The van der Waals surface area contributed by atoms with Gasteiger partial charge in [0.25, 0.3) is 0 Å². The first-order valence-electron chi connectivity index (χ1n) is 4.89. The van der Waals surface area contributed by atoms with Gasteiger partial charge in [-0.3, -0.25) is 4.79 Å². The van der Waals surface area contributed by atoms with Gasteiger partial charge >= 0.3 is 0 Å². The van der Waals surface area contributed by atoms with Crippen LogP contribution in [-0.2, 0) is 0 Å². The normalized spacial score (nSPS) is 9.57. The van der Waals surface area contributed by atoms with Crippen molar-refractivity contribution in [1.82, 2.24) is 0 Å². The van der Waals surface area contributed by atoms with E-state index in [0.29, 0.717) is 5.56 Å². The molecular weight excluding hydrogens is 176 g/mol. The maximum absolute atomic E-state index is 10.9. The fourth-order valence-electron chi connectivity index (χ4n) is 1.38. The monoisotopic (exact) mass is 192 g/mol. The van der Waals surface area contributed by atoms with E-state index in [2.05, 4.69) is 10.6 Å². The number of anilines is 2. The van der Waals surface area contributed by atoms with E-state index in [1.807, 2.05) is 32.0 Å². The number of benzene rings is 1. The minimum atomic E-state index is 0.705. The summed E-state index contributed by atoms with van der Waals surface area (Å²) in [5.41, 5.74) is 2.48. The maximum Gasteiger partial charge on any atom is 0.154 e. The average Bonchev–Trinajstić information content (AvgIpc) is 2.19. The molecule has 1 rings (SSSR count). The largest absolute Gasteiger partial charge is 0.385 e. The number of carbonyl (C=O) groups is 1. The van der Waals surface area contributed by atoms with Crippen molar-refractivity contribution in [3.63, 3.8) is 0 Å². The third kappa shape index (κ3) is 2.25. The zero-order valence-electron chi connectivity index (χ0n) is 8.63. The van der Waals surface area contributed by atoms with Gasteiger partial charge in [0.1, 0.15) is 0 Å². The van der Waals surface area contributed by atoms with E-state index in [1.165, 1.54) is 0 Å². The van der Waals surface area contributed by atoms with Gasteiger partial charge < -0.3 is 10.6 Å². The van der Waals surface area contributed by atoms with Crippen molar-refractivity contribution in [2.45, 2.75) is 13.8 Å². The molecular formula is C11H16N2O. The molecule has 1 aromatic rings. The number of hydrogen-bond acceptors (Lipinski definition) is 3. The van der Waals surface area contributed by atoms with Crippen molar-refractivity contribution in [1.29, 1.82) is 0 Å². The zero-order valence-corrected chi connectivity index (χ0v) is 8.63. The van der Waals surface area contributed by atoms with Crippen molar-refractivity contribution in [3.05, 3.63) is 23.8 Å². The molecule has 0 spiro atoms. The van der Waals surface area contributed by atoms with Crippen molar-refractivity contribution in [3.8, 4) is 0 Å². The average molecular weight is 192 g/mol. The molecule has 0 aliphatic rings. The lowest BCUT2D eigenvalue weighted by Crippen LogP contribution is -2.05. The lowest BCUT2D eigenvalue weighted by atomic mass is 10.1. The van der Waals surface area contributed by atoms with E-state index in [4.69, 9.17) is 0 Å². The Labute approximate surface area is 84.5 Å². The standard InChI is InChI=1S/C11H16N2O/c1-3-12-10-6-5-7-11(13-4-2)9(10)8-14/h5-8,12-13H,3-4H2,1-2H3. The summed E-state index contributed by atoms with van der Waals surface area (Å²) in [5.74, 6) is 0. The van der Waals surface area contributed by atoms with Crippen LogP contribution in [0.15, 0.2) is 18.2 Å². The highest BCUT2D eigenvalue weighted by Crippen LogP contribution is 2.22. The Balaban J connectivity index is 3.04. The summed E-state index contributed by atoms with van der Waals surface area (Å²) in [5, 5.41) is 6.31. The molecule has 0 saturated carbocycles. The van der Waals surface area contributed by atoms with Crippen molar-refractivity contribution < 1.29 is 4.79 Å². The van der Waals surface area contributed by atoms with Gasteiger partial charge in [-0.25, -0.2) is 0 Å². The van der Waals surface area contributed by atoms with Gasteiger partial charge in [-0.15, -0.1) is 0 Å². The van der Waals surface area contributed by atoms with Crippen LogP contribution in [0, 0.1) is 0 Å². The minimum Gasteiger partial charge on any atom is -0.385 e. The number of carbonyl (C=O) groups excluding carboxylic acids is 1. The molecule has 14 heavy (non-hydrogen) atoms. The Bertz CT molecular complexity index is 286. The van der Waals surface area contributed by atoms with Crippen molar-refractivity contribution in [2.24, 2.45) is 0 Å². The highest BCUT2D eigenvalue weighted by atomic mass is 16.1. The molecule has 0 bridgehead atoms. The molecule has 0 fully saturated rings.